The van der Waals surface area contributed by atoms with Crippen LogP contribution in [0, 0.1) is 0 Å². The molecule has 1 aliphatic rings. The highest BCUT2D eigenvalue weighted by Crippen LogP contribution is 2.31. The maximum absolute atomic E-state index is 15.3. The Labute approximate surface area is 178 Å². The van der Waals surface area contributed by atoms with Gasteiger partial charge in [0.25, 0.3) is 5.92 Å². The van der Waals surface area contributed by atoms with Gasteiger partial charge in [0, 0.05) is 68.9 Å². The number of fused-ring (bicyclic) bond motifs is 1. The molecule has 0 atom stereocenters. The van der Waals surface area contributed by atoms with E-state index in [4.69, 9.17) is 0 Å². The average molecular weight is 430 g/mol. The molecule has 0 N–H and O–H groups in total. The molecule has 4 rings (SSSR count). The second kappa shape index (κ2) is 8.07. The average Bonchev–Trinajstić information content (AvgIpc) is 3.14. The van der Waals surface area contributed by atoms with Gasteiger partial charge in [-0.1, -0.05) is 12.1 Å². The van der Waals surface area contributed by atoms with E-state index in [9.17, 15) is 13.6 Å². The number of aromatic nitrogens is 3. The predicted molar refractivity (Wildman–Crippen MR) is 113 cm³/mol. The predicted octanol–water partition coefficient (Wildman–Crippen LogP) is 4.21. The van der Waals surface area contributed by atoms with Crippen molar-refractivity contribution in [2.75, 3.05) is 19.6 Å². The number of benzene rings is 1. The van der Waals surface area contributed by atoms with Gasteiger partial charge >= 0.3 is 0 Å². The highest BCUT2D eigenvalue weighted by Gasteiger charge is 2.42. The number of carbonyl (C=O) groups is 1. The zero-order chi connectivity index (χ0) is 22.2. The molecule has 1 fully saturated rings. The first-order chi connectivity index (χ1) is 14.6. The van der Waals surface area contributed by atoms with Crippen molar-refractivity contribution in [3.8, 4) is 11.1 Å². The molecule has 0 saturated carbocycles. The van der Waals surface area contributed by atoms with Crippen molar-refractivity contribution in [3.05, 3.63) is 48.5 Å². The van der Waals surface area contributed by atoms with Gasteiger partial charge in [-0.3, -0.25) is 19.4 Å². The number of Topliss-reactive ketones (excluding diaryl/α,β-unsaturated/α-hetero) is 1. The molecule has 1 saturated heterocycles. The van der Waals surface area contributed by atoms with Crippen LogP contribution in [0.5, 0.6) is 0 Å². The number of nitrogens with zero attached hydrogens (tertiary/aromatic N) is 4. The Balaban J connectivity index is 1.47. The van der Waals surface area contributed by atoms with Crippen molar-refractivity contribution in [2.45, 2.75) is 37.8 Å². The fourth-order valence-electron chi connectivity index (χ4n) is 4.09. The Morgan fingerprint density at radius 2 is 1.87 bits per heavy atom. The van der Waals surface area contributed by atoms with E-state index in [1.165, 1.54) is 4.90 Å². The van der Waals surface area contributed by atoms with E-state index >= 15 is 4.39 Å². The zero-order valence-corrected chi connectivity index (χ0v) is 17.6. The number of hydrogen-bond acceptors (Lipinski definition) is 4. The highest BCUT2D eigenvalue weighted by molar-refractivity contribution is 5.91. The number of aryl methyl sites for hydroxylation is 1. The van der Waals surface area contributed by atoms with Crippen LogP contribution in [0.4, 0.5) is 13.2 Å². The molecule has 2 aromatic heterocycles. The molecule has 0 spiro atoms. The van der Waals surface area contributed by atoms with Gasteiger partial charge in [-0.15, -0.1) is 0 Å². The summed E-state index contributed by atoms with van der Waals surface area (Å²) in [7, 11) is 1.85. The standard InChI is InChI=1S/C23H25F3N4O/c1-22(24,25)15-30-7-5-23(26,6-8-30)21(31)11-20-10-18-9-16(3-4-17(18)12-27-20)19-13-28-29(2)14-19/h3-4,9-10,12-14H,5-8,11,15H2,1-2H3. The summed E-state index contributed by atoms with van der Waals surface area (Å²) in [5.74, 6) is -3.37. The largest absolute Gasteiger partial charge is 0.297 e. The number of ketones is 1. The van der Waals surface area contributed by atoms with Gasteiger partial charge < -0.3 is 0 Å². The van der Waals surface area contributed by atoms with Crippen LogP contribution in [0.25, 0.3) is 21.9 Å². The molecule has 3 heterocycles. The molecule has 1 aromatic carbocycles. The Bertz CT molecular complexity index is 1100. The summed E-state index contributed by atoms with van der Waals surface area (Å²) in [6.45, 7) is 0.722. The van der Waals surface area contributed by atoms with Gasteiger partial charge in [0.1, 0.15) is 0 Å². The highest BCUT2D eigenvalue weighted by atomic mass is 19.3. The van der Waals surface area contributed by atoms with Crippen LogP contribution < -0.4 is 0 Å². The lowest BCUT2D eigenvalue weighted by Gasteiger charge is -2.36. The second-order valence-electron chi connectivity index (χ2n) is 8.55. The Hall–Kier alpha value is -2.74. The number of carbonyl (C=O) groups excluding carboxylic acids is 1. The molecule has 8 heteroatoms. The maximum atomic E-state index is 15.3. The summed E-state index contributed by atoms with van der Waals surface area (Å²) in [5.41, 5.74) is 0.478. The number of rotatable bonds is 6. The van der Waals surface area contributed by atoms with E-state index in [0.29, 0.717) is 5.69 Å². The number of piperidine rings is 1. The minimum atomic E-state index is -2.83. The fourth-order valence-corrected chi connectivity index (χ4v) is 4.09. The van der Waals surface area contributed by atoms with E-state index in [1.54, 1.807) is 17.1 Å². The smallest absolute Gasteiger partial charge is 0.257 e. The summed E-state index contributed by atoms with van der Waals surface area (Å²) >= 11 is 0. The summed E-state index contributed by atoms with van der Waals surface area (Å²) in [4.78, 5) is 18.6. The van der Waals surface area contributed by atoms with Gasteiger partial charge in [-0.25, -0.2) is 13.2 Å². The van der Waals surface area contributed by atoms with Crippen LogP contribution in [0.2, 0.25) is 0 Å². The van der Waals surface area contributed by atoms with Crippen molar-refractivity contribution in [2.24, 2.45) is 7.05 Å². The van der Waals surface area contributed by atoms with Crippen LogP contribution in [-0.2, 0) is 18.3 Å². The molecule has 5 nitrogen and oxygen atoms in total. The lowest BCUT2D eigenvalue weighted by atomic mass is 9.86. The third-order valence-corrected chi connectivity index (χ3v) is 5.81. The number of alkyl halides is 3. The van der Waals surface area contributed by atoms with Crippen LogP contribution in [-0.4, -0.2) is 56.7 Å². The van der Waals surface area contributed by atoms with E-state index in [2.05, 4.69) is 10.1 Å². The summed E-state index contributed by atoms with van der Waals surface area (Å²) in [6.07, 6.45) is 5.12. The number of halogens is 3. The summed E-state index contributed by atoms with van der Waals surface area (Å²) in [6, 6.07) is 7.74. The molecule has 0 amide bonds. The van der Waals surface area contributed by atoms with E-state index in [1.807, 2.05) is 37.5 Å². The van der Waals surface area contributed by atoms with Gasteiger partial charge in [0.05, 0.1) is 19.2 Å². The second-order valence-corrected chi connectivity index (χ2v) is 8.55. The number of hydrogen-bond donors (Lipinski definition) is 0. The lowest BCUT2D eigenvalue weighted by molar-refractivity contribution is -0.133. The minimum absolute atomic E-state index is 0.0688. The van der Waals surface area contributed by atoms with E-state index in [0.717, 1.165) is 28.8 Å². The van der Waals surface area contributed by atoms with Crippen molar-refractivity contribution in [1.82, 2.24) is 19.7 Å². The van der Waals surface area contributed by atoms with Crippen molar-refractivity contribution >= 4 is 16.6 Å². The first-order valence-electron chi connectivity index (χ1n) is 10.3. The van der Waals surface area contributed by atoms with Gasteiger partial charge in [0.2, 0.25) is 0 Å². The van der Waals surface area contributed by atoms with Crippen LogP contribution >= 0.6 is 0 Å². The van der Waals surface area contributed by atoms with E-state index in [-0.39, 0.29) is 32.4 Å². The van der Waals surface area contributed by atoms with E-state index < -0.39 is 23.9 Å². The van der Waals surface area contributed by atoms with Crippen molar-refractivity contribution in [1.29, 1.82) is 0 Å². The molecule has 0 radical (unpaired) electrons. The molecule has 0 bridgehead atoms. The van der Waals surface area contributed by atoms with Gasteiger partial charge in [0.15, 0.2) is 11.5 Å². The summed E-state index contributed by atoms with van der Waals surface area (Å²) < 4.78 is 43.4. The normalized spacial score (nSPS) is 17.2. The SMILES string of the molecule is Cn1cc(-c2ccc3cnc(CC(=O)C4(F)CCN(CC(C)(F)F)CC4)cc3c2)cn1. The molecule has 3 aromatic rings. The molecule has 1 aliphatic heterocycles. The van der Waals surface area contributed by atoms with Crippen LogP contribution in [0.3, 0.4) is 0 Å². The first-order valence-corrected chi connectivity index (χ1v) is 10.3. The van der Waals surface area contributed by atoms with Gasteiger partial charge in [-0.05, 0) is 23.1 Å². The maximum Gasteiger partial charge on any atom is 0.257 e. The van der Waals surface area contributed by atoms with Crippen molar-refractivity contribution in [3.63, 3.8) is 0 Å². The molecular weight excluding hydrogens is 405 g/mol. The zero-order valence-electron chi connectivity index (χ0n) is 17.6. The lowest BCUT2D eigenvalue weighted by Crippen LogP contribution is -2.49. The molecule has 0 unspecified atom stereocenters. The number of likely N-dealkylation sites (tertiary alicyclic amines) is 1. The van der Waals surface area contributed by atoms with Crippen LogP contribution in [0.15, 0.2) is 42.9 Å². The quantitative estimate of drug-likeness (QED) is 0.588. The molecular formula is C23H25F3N4O. The Kier molecular flexibility index (Phi) is 5.60. The summed E-state index contributed by atoms with van der Waals surface area (Å²) in [5, 5.41) is 6.02. The number of pyridine rings is 1. The Morgan fingerprint density at radius 1 is 1.13 bits per heavy atom. The molecule has 0 aliphatic carbocycles. The Morgan fingerprint density at radius 3 is 2.52 bits per heavy atom. The monoisotopic (exact) mass is 430 g/mol. The third-order valence-electron chi connectivity index (χ3n) is 5.81. The van der Waals surface area contributed by atoms with Crippen molar-refractivity contribution < 1.29 is 18.0 Å². The van der Waals surface area contributed by atoms with Gasteiger partial charge in [-0.2, -0.15) is 5.10 Å². The molecule has 31 heavy (non-hydrogen) atoms. The first kappa shape index (κ1) is 21.5. The fraction of sp³-hybridized carbons (Fsp3) is 0.435. The minimum Gasteiger partial charge on any atom is -0.297 e. The topological polar surface area (TPSA) is 51.0 Å². The van der Waals surface area contributed by atoms with Crippen LogP contribution in [0.1, 0.15) is 25.5 Å². The third kappa shape index (κ3) is 4.95. The molecule has 164 valence electrons.